The number of nitrogens with zero attached hydrogens (tertiary/aromatic N) is 2. The van der Waals surface area contributed by atoms with Gasteiger partial charge in [0, 0.05) is 17.8 Å². The highest BCUT2D eigenvalue weighted by Crippen LogP contribution is 2.42. The molecule has 0 aliphatic heterocycles. The molecule has 2 aromatic carbocycles. The van der Waals surface area contributed by atoms with Gasteiger partial charge in [0.15, 0.2) is 0 Å². The van der Waals surface area contributed by atoms with Gasteiger partial charge in [-0.3, -0.25) is 9.97 Å². The van der Waals surface area contributed by atoms with E-state index in [-0.39, 0.29) is 0 Å². The second-order valence-corrected chi connectivity index (χ2v) is 8.13. The van der Waals surface area contributed by atoms with E-state index in [2.05, 4.69) is 65.4 Å². The molecule has 3 heteroatoms. The van der Waals surface area contributed by atoms with E-state index >= 15 is 0 Å². The van der Waals surface area contributed by atoms with Crippen molar-refractivity contribution in [3.63, 3.8) is 0 Å². The lowest BCUT2D eigenvalue weighted by molar-refractivity contribution is 0.634. The molecule has 0 fully saturated rings. The van der Waals surface area contributed by atoms with Crippen LogP contribution < -0.4 is 5.73 Å². The fourth-order valence-electron chi connectivity index (χ4n) is 4.68. The van der Waals surface area contributed by atoms with Gasteiger partial charge in [0.1, 0.15) is 0 Å². The fraction of sp³-hybridized carbons (Fsp3) is 0.185. The minimum Gasteiger partial charge on any atom is -0.397 e. The van der Waals surface area contributed by atoms with E-state index in [4.69, 9.17) is 5.73 Å². The maximum Gasteiger partial charge on any atom is 0.0734 e. The molecule has 148 valence electrons. The number of aromatic nitrogens is 2. The summed E-state index contributed by atoms with van der Waals surface area (Å²) in [5, 5.41) is 3.79. The summed E-state index contributed by atoms with van der Waals surface area (Å²) in [7, 11) is 0. The van der Waals surface area contributed by atoms with E-state index in [9.17, 15) is 0 Å². The highest BCUT2D eigenvalue weighted by atomic mass is 14.7. The number of nitrogen functional groups attached to an aromatic ring is 1. The quantitative estimate of drug-likeness (QED) is 0.380. The van der Waals surface area contributed by atoms with Crippen LogP contribution >= 0.6 is 0 Å². The van der Waals surface area contributed by atoms with Crippen molar-refractivity contribution in [3.8, 4) is 0 Å². The van der Waals surface area contributed by atoms with Gasteiger partial charge in [-0.1, -0.05) is 61.0 Å². The number of rotatable bonds is 0. The van der Waals surface area contributed by atoms with Crippen molar-refractivity contribution >= 4 is 32.9 Å². The Morgan fingerprint density at radius 1 is 1.00 bits per heavy atom. The number of hydrogen-bond donors (Lipinski definition) is 1. The number of pyridine rings is 2. The van der Waals surface area contributed by atoms with Gasteiger partial charge in [0.2, 0.25) is 0 Å². The van der Waals surface area contributed by atoms with Gasteiger partial charge in [-0.05, 0) is 64.8 Å². The van der Waals surface area contributed by atoms with Gasteiger partial charge in [-0.25, -0.2) is 0 Å². The molecule has 0 amide bonds. The minimum atomic E-state index is 0.672. The Morgan fingerprint density at radius 2 is 1.90 bits per heavy atom. The summed E-state index contributed by atoms with van der Waals surface area (Å²) in [6.07, 6.45) is 13.4. The first-order chi connectivity index (χ1) is 14.7. The molecular formula is C27H25N3. The van der Waals surface area contributed by atoms with Crippen LogP contribution in [0.5, 0.6) is 0 Å². The van der Waals surface area contributed by atoms with Crippen molar-refractivity contribution < 1.29 is 0 Å². The molecule has 0 radical (unpaired) electrons. The summed E-state index contributed by atoms with van der Waals surface area (Å²) >= 11 is 0. The molecule has 0 spiro atoms. The SMILES string of the molecule is CC1Cc2c(ccc3ccccc23)C2=C1CCC=C2.Nc1cnc2ccncc2c1. The second-order valence-electron chi connectivity index (χ2n) is 8.13. The lowest BCUT2D eigenvalue weighted by Gasteiger charge is -2.30. The summed E-state index contributed by atoms with van der Waals surface area (Å²) in [5.74, 6) is 0.693. The highest BCUT2D eigenvalue weighted by Gasteiger charge is 2.25. The van der Waals surface area contributed by atoms with E-state index in [0.29, 0.717) is 11.6 Å². The molecule has 30 heavy (non-hydrogen) atoms. The number of anilines is 1. The molecule has 0 saturated carbocycles. The zero-order chi connectivity index (χ0) is 20.5. The van der Waals surface area contributed by atoms with Gasteiger partial charge in [-0.15, -0.1) is 0 Å². The third-order valence-electron chi connectivity index (χ3n) is 6.15. The lowest BCUT2D eigenvalue weighted by atomic mass is 9.74. The fourth-order valence-corrected chi connectivity index (χ4v) is 4.68. The van der Waals surface area contributed by atoms with Crippen LogP contribution in [0.3, 0.4) is 0 Å². The maximum absolute atomic E-state index is 5.53. The number of hydrogen-bond acceptors (Lipinski definition) is 3. The topological polar surface area (TPSA) is 51.8 Å². The van der Waals surface area contributed by atoms with Crippen LogP contribution in [0.4, 0.5) is 5.69 Å². The molecule has 1 atom stereocenters. The Hall–Kier alpha value is -3.46. The van der Waals surface area contributed by atoms with Crippen LogP contribution in [0.2, 0.25) is 0 Å². The lowest BCUT2D eigenvalue weighted by Crippen LogP contribution is -2.15. The molecule has 0 bridgehead atoms. The standard InChI is InChI=1S/C19H18.C8H7N3/c1-13-12-19-16-8-3-2-6-14(16)10-11-18(19)17-9-5-4-7-15(13)17;9-7-3-6-4-10-2-1-8(6)11-5-7/h2-3,5-6,8-11,13H,4,7,12H2,1H3;1-5H,9H2. The molecule has 0 saturated heterocycles. The normalized spacial score (nSPS) is 17.3. The van der Waals surface area contributed by atoms with Crippen LogP contribution in [0.1, 0.15) is 30.9 Å². The summed E-state index contributed by atoms with van der Waals surface area (Å²) in [6.45, 7) is 2.39. The first kappa shape index (κ1) is 18.6. The Bertz CT molecular complexity index is 1300. The van der Waals surface area contributed by atoms with E-state index < -0.39 is 0 Å². The van der Waals surface area contributed by atoms with Crippen LogP contribution in [0.25, 0.3) is 27.2 Å². The zero-order valence-electron chi connectivity index (χ0n) is 17.2. The van der Waals surface area contributed by atoms with Gasteiger partial charge in [-0.2, -0.15) is 0 Å². The Labute approximate surface area is 177 Å². The summed E-state index contributed by atoms with van der Waals surface area (Å²) in [4.78, 5) is 8.07. The Balaban J connectivity index is 0.000000149. The highest BCUT2D eigenvalue weighted by molar-refractivity contribution is 5.94. The van der Waals surface area contributed by atoms with Crippen molar-refractivity contribution in [2.24, 2.45) is 5.92 Å². The summed E-state index contributed by atoms with van der Waals surface area (Å²) in [5.41, 5.74) is 13.3. The van der Waals surface area contributed by atoms with Gasteiger partial charge in [0.25, 0.3) is 0 Å². The predicted molar refractivity (Wildman–Crippen MR) is 126 cm³/mol. The number of nitrogens with two attached hydrogens (primary N) is 1. The Kier molecular flexibility index (Phi) is 4.80. The average molecular weight is 392 g/mol. The van der Waals surface area contributed by atoms with Crippen molar-refractivity contribution in [1.29, 1.82) is 0 Å². The smallest absolute Gasteiger partial charge is 0.0734 e. The van der Waals surface area contributed by atoms with Crippen LogP contribution in [0, 0.1) is 5.92 Å². The molecule has 6 rings (SSSR count). The minimum absolute atomic E-state index is 0.672. The molecule has 3 nitrogen and oxygen atoms in total. The second kappa shape index (κ2) is 7.75. The molecule has 2 aromatic heterocycles. The number of fused-ring (bicyclic) bond motifs is 5. The molecule has 2 aliphatic carbocycles. The predicted octanol–water partition coefficient (Wildman–Crippen LogP) is 6.35. The summed E-state index contributed by atoms with van der Waals surface area (Å²) in [6, 6.07) is 17.1. The molecule has 1 unspecified atom stereocenters. The van der Waals surface area contributed by atoms with Crippen molar-refractivity contribution in [2.75, 3.05) is 5.73 Å². The van der Waals surface area contributed by atoms with Gasteiger partial charge >= 0.3 is 0 Å². The van der Waals surface area contributed by atoms with E-state index in [1.54, 1.807) is 29.7 Å². The van der Waals surface area contributed by atoms with E-state index in [0.717, 1.165) is 10.9 Å². The molecular weight excluding hydrogens is 366 g/mol. The van der Waals surface area contributed by atoms with Crippen LogP contribution in [0.15, 0.2) is 84.8 Å². The number of benzene rings is 2. The Morgan fingerprint density at radius 3 is 2.83 bits per heavy atom. The average Bonchev–Trinajstić information content (AvgIpc) is 2.79. The zero-order valence-corrected chi connectivity index (χ0v) is 17.2. The molecule has 2 N–H and O–H groups in total. The molecule has 4 aromatic rings. The van der Waals surface area contributed by atoms with Gasteiger partial charge in [0.05, 0.1) is 17.4 Å². The third kappa shape index (κ3) is 3.37. The first-order valence-corrected chi connectivity index (χ1v) is 10.6. The molecule has 2 aliphatic rings. The third-order valence-corrected chi connectivity index (χ3v) is 6.15. The van der Waals surface area contributed by atoms with Crippen LogP contribution in [-0.4, -0.2) is 9.97 Å². The van der Waals surface area contributed by atoms with Crippen LogP contribution in [-0.2, 0) is 6.42 Å². The number of allylic oxidation sites excluding steroid dienone is 4. The van der Waals surface area contributed by atoms with Crippen molar-refractivity contribution in [2.45, 2.75) is 26.2 Å². The largest absolute Gasteiger partial charge is 0.397 e. The van der Waals surface area contributed by atoms with E-state index in [1.807, 2.05) is 12.1 Å². The molecule has 2 heterocycles. The maximum atomic E-state index is 5.53. The van der Waals surface area contributed by atoms with E-state index in [1.165, 1.54) is 41.2 Å². The first-order valence-electron chi connectivity index (χ1n) is 10.6. The van der Waals surface area contributed by atoms with Crippen molar-refractivity contribution in [3.05, 3.63) is 96.0 Å². The monoisotopic (exact) mass is 391 g/mol. The van der Waals surface area contributed by atoms with Gasteiger partial charge < -0.3 is 5.73 Å². The van der Waals surface area contributed by atoms with Crippen molar-refractivity contribution in [1.82, 2.24) is 9.97 Å². The summed E-state index contributed by atoms with van der Waals surface area (Å²) < 4.78 is 0.